The zero-order valence-corrected chi connectivity index (χ0v) is 20.3. The molecule has 2 aromatic heterocycles. The van der Waals surface area contributed by atoms with Crippen molar-refractivity contribution in [2.24, 2.45) is 5.41 Å². The largest absolute Gasteiger partial charge is 0.478 e. The number of hydrogen-bond acceptors (Lipinski definition) is 5. The smallest absolute Gasteiger partial charge is 0.417 e. The first kappa shape index (κ1) is 23.8. The lowest BCUT2D eigenvalue weighted by Crippen LogP contribution is -2.42. The SMILES string of the molecule is Cc1ccccc1-c1noc(C2CC2)c1C1=CC2(CCN(c3cc(C(F)(F)F)c(C(=O)O)cn3)CC2)C1. The van der Waals surface area contributed by atoms with Crippen LogP contribution in [-0.4, -0.2) is 34.3 Å². The van der Waals surface area contributed by atoms with Crippen molar-refractivity contribution >= 4 is 17.4 Å². The number of halogens is 3. The van der Waals surface area contributed by atoms with Crippen LogP contribution in [0.25, 0.3) is 16.8 Å². The van der Waals surface area contributed by atoms with Gasteiger partial charge < -0.3 is 14.5 Å². The quantitative estimate of drug-likeness (QED) is 0.412. The third-order valence-corrected chi connectivity index (χ3v) is 7.92. The number of aryl methyl sites for hydroxylation is 1. The van der Waals surface area contributed by atoms with E-state index >= 15 is 0 Å². The monoisotopic (exact) mass is 509 g/mol. The predicted octanol–water partition coefficient (Wildman–Crippen LogP) is 6.71. The van der Waals surface area contributed by atoms with Gasteiger partial charge in [0.1, 0.15) is 17.3 Å². The maximum atomic E-state index is 13.5. The summed E-state index contributed by atoms with van der Waals surface area (Å²) < 4.78 is 46.3. The minimum atomic E-state index is -4.76. The number of pyridine rings is 1. The molecule has 3 aromatic rings. The van der Waals surface area contributed by atoms with E-state index in [1.165, 1.54) is 5.57 Å². The van der Waals surface area contributed by atoms with Crippen molar-refractivity contribution in [2.75, 3.05) is 18.0 Å². The topological polar surface area (TPSA) is 79.5 Å². The van der Waals surface area contributed by atoms with E-state index in [-0.39, 0.29) is 11.2 Å². The molecule has 6 rings (SSSR count). The van der Waals surface area contributed by atoms with E-state index in [0.29, 0.717) is 19.0 Å². The number of aromatic carboxylic acids is 1. The molecule has 2 aliphatic carbocycles. The standard InChI is InChI=1S/C28H26F3N3O3/c1-16-4-2-3-5-19(16)24-23(25(37-33-24)17-6-7-17)18-13-27(14-18)8-10-34(11-9-27)22-12-21(28(29,30)31)20(15-32-22)26(35)36/h2-5,12-13,15,17H,6-11,14H2,1H3,(H,35,36). The van der Waals surface area contributed by atoms with Gasteiger partial charge >= 0.3 is 12.1 Å². The van der Waals surface area contributed by atoms with Gasteiger partial charge in [0.2, 0.25) is 0 Å². The number of anilines is 1. The first-order valence-corrected chi connectivity index (χ1v) is 12.5. The second kappa shape index (κ2) is 8.46. The Hall–Kier alpha value is -3.62. The number of alkyl halides is 3. The summed E-state index contributed by atoms with van der Waals surface area (Å²) in [4.78, 5) is 17.1. The number of carbonyl (C=O) groups is 1. The fourth-order valence-corrected chi connectivity index (χ4v) is 5.66. The summed E-state index contributed by atoms with van der Waals surface area (Å²) in [5.41, 5.74) is 3.44. The highest BCUT2D eigenvalue weighted by Gasteiger charge is 2.44. The minimum absolute atomic E-state index is 0.0131. The third kappa shape index (κ3) is 4.20. The van der Waals surface area contributed by atoms with E-state index < -0.39 is 23.3 Å². The number of rotatable bonds is 5. The van der Waals surface area contributed by atoms with Gasteiger partial charge in [-0.1, -0.05) is 35.5 Å². The molecule has 1 N–H and O–H groups in total. The van der Waals surface area contributed by atoms with Crippen molar-refractivity contribution in [3.05, 3.63) is 70.6 Å². The van der Waals surface area contributed by atoms with E-state index in [2.05, 4.69) is 35.3 Å². The number of carboxylic acid groups (broad SMARTS) is 1. The second-order valence-electron chi connectivity index (χ2n) is 10.4. The molecule has 0 atom stereocenters. The molecule has 2 fully saturated rings. The van der Waals surface area contributed by atoms with Gasteiger partial charge in [0, 0.05) is 36.3 Å². The molecule has 9 heteroatoms. The Morgan fingerprint density at radius 1 is 1.19 bits per heavy atom. The average Bonchev–Trinajstić information content (AvgIpc) is 3.61. The van der Waals surface area contributed by atoms with Crippen LogP contribution in [-0.2, 0) is 6.18 Å². The van der Waals surface area contributed by atoms with Crippen LogP contribution in [0.5, 0.6) is 0 Å². The molecule has 1 saturated carbocycles. The van der Waals surface area contributed by atoms with Gasteiger partial charge in [0.05, 0.1) is 11.1 Å². The van der Waals surface area contributed by atoms with E-state index in [1.54, 1.807) is 0 Å². The summed E-state index contributed by atoms with van der Waals surface area (Å²) in [6.07, 6.45) is 3.01. The summed E-state index contributed by atoms with van der Waals surface area (Å²) in [6, 6.07) is 9.01. The summed E-state index contributed by atoms with van der Waals surface area (Å²) in [5.74, 6) is -0.0884. The summed E-state index contributed by atoms with van der Waals surface area (Å²) >= 11 is 0. The molecule has 3 heterocycles. The summed E-state index contributed by atoms with van der Waals surface area (Å²) in [5, 5.41) is 13.6. The minimum Gasteiger partial charge on any atom is -0.478 e. The Morgan fingerprint density at radius 2 is 1.89 bits per heavy atom. The van der Waals surface area contributed by atoms with Gasteiger partial charge in [-0.25, -0.2) is 9.78 Å². The third-order valence-electron chi connectivity index (χ3n) is 7.92. The number of nitrogens with zero attached hydrogens (tertiary/aromatic N) is 3. The maximum Gasteiger partial charge on any atom is 0.417 e. The Balaban J connectivity index is 1.24. The van der Waals surface area contributed by atoms with Gasteiger partial charge in [0.15, 0.2) is 0 Å². The van der Waals surface area contributed by atoms with Crippen LogP contribution in [0.4, 0.5) is 19.0 Å². The predicted molar refractivity (Wildman–Crippen MR) is 131 cm³/mol. The number of benzene rings is 1. The lowest BCUT2D eigenvalue weighted by atomic mass is 9.63. The van der Waals surface area contributed by atoms with Crippen LogP contribution in [0, 0.1) is 12.3 Å². The molecule has 0 radical (unpaired) electrons. The molecular formula is C28H26F3N3O3. The number of aromatic nitrogens is 2. The molecule has 0 unspecified atom stereocenters. The fourth-order valence-electron chi connectivity index (χ4n) is 5.66. The molecule has 1 saturated heterocycles. The molecule has 0 amide bonds. The average molecular weight is 510 g/mol. The summed E-state index contributed by atoms with van der Waals surface area (Å²) in [7, 11) is 0. The Bertz CT molecular complexity index is 1410. The van der Waals surface area contributed by atoms with Crippen LogP contribution in [0.2, 0.25) is 0 Å². The van der Waals surface area contributed by atoms with E-state index in [9.17, 15) is 18.0 Å². The fraction of sp³-hybridized carbons (Fsp3) is 0.393. The Morgan fingerprint density at radius 3 is 2.51 bits per heavy atom. The van der Waals surface area contributed by atoms with Crippen molar-refractivity contribution in [3.8, 4) is 11.3 Å². The van der Waals surface area contributed by atoms with E-state index in [0.717, 1.165) is 72.5 Å². The zero-order chi connectivity index (χ0) is 25.9. The number of carboxylic acids is 1. The van der Waals surface area contributed by atoms with Crippen LogP contribution >= 0.6 is 0 Å². The Kier molecular flexibility index (Phi) is 5.43. The van der Waals surface area contributed by atoms with Crippen molar-refractivity contribution in [1.29, 1.82) is 0 Å². The van der Waals surface area contributed by atoms with Gasteiger partial charge in [-0.15, -0.1) is 0 Å². The van der Waals surface area contributed by atoms with Crippen LogP contribution < -0.4 is 4.90 Å². The number of allylic oxidation sites excluding steroid dienone is 2. The highest BCUT2D eigenvalue weighted by molar-refractivity contribution is 5.89. The van der Waals surface area contributed by atoms with Crippen LogP contribution in [0.3, 0.4) is 0 Å². The molecule has 1 aromatic carbocycles. The molecular weight excluding hydrogens is 483 g/mol. The number of hydrogen-bond donors (Lipinski definition) is 1. The summed E-state index contributed by atoms with van der Waals surface area (Å²) in [6.45, 7) is 3.16. The van der Waals surface area contributed by atoms with E-state index in [1.807, 2.05) is 17.0 Å². The molecule has 3 aliphatic rings. The second-order valence-corrected chi connectivity index (χ2v) is 10.4. The lowest BCUT2D eigenvalue weighted by Gasteiger charge is -2.46. The molecule has 0 bridgehead atoms. The molecule has 37 heavy (non-hydrogen) atoms. The zero-order valence-electron chi connectivity index (χ0n) is 20.3. The van der Waals surface area contributed by atoms with E-state index in [4.69, 9.17) is 9.63 Å². The number of piperidine rings is 1. The van der Waals surface area contributed by atoms with Crippen molar-refractivity contribution in [2.45, 2.75) is 51.1 Å². The molecule has 1 spiro atoms. The van der Waals surface area contributed by atoms with Crippen LogP contribution in [0.15, 0.2) is 47.1 Å². The molecule has 6 nitrogen and oxygen atoms in total. The normalized spacial score (nSPS) is 19.0. The van der Waals surface area contributed by atoms with Gasteiger partial charge in [-0.2, -0.15) is 13.2 Å². The van der Waals surface area contributed by atoms with Crippen molar-refractivity contribution in [1.82, 2.24) is 10.1 Å². The Labute approximate surface area is 211 Å². The van der Waals surface area contributed by atoms with Crippen molar-refractivity contribution < 1.29 is 27.6 Å². The van der Waals surface area contributed by atoms with Crippen LogP contribution in [0.1, 0.15) is 70.8 Å². The lowest BCUT2D eigenvalue weighted by molar-refractivity contribution is -0.138. The highest BCUT2D eigenvalue weighted by Crippen LogP contribution is 2.55. The highest BCUT2D eigenvalue weighted by atomic mass is 19.4. The first-order chi connectivity index (χ1) is 17.7. The molecule has 1 aliphatic heterocycles. The first-order valence-electron chi connectivity index (χ1n) is 12.5. The van der Waals surface area contributed by atoms with Gasteiger partial charge in [-0.3, -0.25) is 0 Å². The van der Waals surface area contributed by atoms with Gasteiger partial charge in [-0.05, 0) is 61.6 Å². The van der Waals surface area contributed by atoms with Gasteiger partial charge in [0.25, 0.3) is 0 Å². The maximum absolute atomic E-state index is 13.5. The van der Waals surface area contributed by atoms with Crippen molar-refractivity contribution in [3.63, 3.8) is 0 Å². The molecule has 192 valence electrons.